The van der Waals surface area contributed by atoms with E-state index < -0.39 is 5.60 Å². The first kappa shape index (κ1) is 18.4. The van der Waals surface area contributed by atoms with Gasteiger partial charge in [0, 0.05) is 30.9 Å². The lowest BCUT2D eigenvalue weighted by Gasteiger charge is -2.33. The molecule has 1 aliphatic rings. The molecule has 1 aromatic heterocycles. The van der Waals surface area contributed by atoms with E-state index in [-0.39, 0.29) is 6.09 Å². The van der Waals surface area contributed by atoms with Crippen LogP contribution in [0.15, 0.2) is 47.1 Å². The minimum absolute atomic E-state index is 0.202. The number of para-hydroxylation sites is 1. The molecule has 1 fully saturated rings. The summed E-state index contributed by atoms with van der Waals surface area (Å²) in [6, 6.07) is 12.1. The zero-order chi connectivity index (χ0) is 18.6. The first-order chi connectivity index (χ1) is 12.4. The number of piperidine rings is 1. The average molecular weight is 356 g/mol. The highest BCUT2D eigenvalue weighted by atomic mass is 16.6. The van der Waals surface area contributed by atoms with Gasteiger partial charge in [-0.2, -0.15) is 0 Å². The minimum atomic E-state index is -0.439. The van der Waals surface area contributed by atoms with Gasteiger partial charge in [0.25, 0.3) is 0 Å². The predicted octanol–water partition coefficient (Wildman–Crippen LogP) is 5.01. The maximum atomic E-state index is 12.2. The van der Waals surface area contributed by atoms with E-state index in [2.05, 4.69) is 17.4 Å². The number of nitrogens with zero attached hydrogens (tertiary/aromatic N) is 1. The molecule has 5 heteroatoms. The summed E-state index contributed by atoms with van der Waals surface area (Å²) in [6.07, 6.45) is 3.45. The van der Waals surface area contributed by atoms with Crippen LogP contribution in [0.5, 0.6) is 0 Å². The van der Waals surface area contributed by atoms with E-state index in [1.54, 1.807) is 6.26 Å². The number of furan rings is 1. The summed E-state index contributed by atoms with van der Waals surface area (Å²) < 4.78 is 11.0. The Hall–Kier alpha value is -2.43. The van der Waals surface area contributed by atoms with Crippen LogP contribution in [0.25, 0.3) is 11.3 Å². The molecule has 26 heavy (non-hydrogen) atoms. The van der Waals surface area contributed by atoms with Gasteiger partial charge >= 0.3 is 6.09 Å². The van der Waals surface area contributed by atoms with Gasteiger partial charge in [0.05, 0.1) is 6.26 Å². The highest BCUT2D eigenvalue weighted by molar-refractivity contribution is 5.74. The van der Waals surface area contributed by atoms with Gasteiger partial charge in [0.1, 0.15) is 11.4 Å². The highest BCUT2D eigenvalue weighted by Crippen LogP contribution is 2.29. The molecule has 0 bridgehead atoms. The molecule has 2 heterocycles. The molecule has 1 amide bonds. The molecule has 140 valence electrons. The van der Waals surface area contributed by atoms with Crippen LogP contribution in [0.1, 0.15) is 33.6 Å². The summed E-state index contributed by atoms with van der Waals surface area (Å²) in [7, 11) is 0. The second-order valence-corrected chi connectivity index (χ2v) is 7.81. The first-order valence-electron chi connectivity index (χ1n) is 9.27. The fourth-order valence-corrected chi connectivity index (χ4v) is 3.18. The van der Waals surface area contributed by atoms with Crippen molar-refractivity contribution in [1.29, 1.82) is 0 Å². The Morgan fingerprint density at radius 2 is 1.92 bits per heavy atom. The highest BCUT2D eigenvalue weighted by Gasteiger charge is 2.26. The fourth-order valence-electron chi connectivity index (χ4n) is 3.18. The number of nitrogens with one attached hydrogen (secondary N) is 1. The van der Waals surface area contributed by atoms with Crippen molar-refractivity contribution in [2.45, 2.75) is 39.2 Å². The molecule has 2 aromatic rings. The van der Waals surface area contributed by atoms with Gasteiger partial charge in [-0.15, -0.1) is 0 Å². The smallest absolute Gasteiger partial charge is 0.410 e. The van der Waals surface area contributed by atoms with Gasteiger partial charge in [-0.1, -0.05) is 12.1 Å². The number of anilines is 1. The maximum absolute atomic E-state index is 12.2. The van der Waals surface area contributed by atoms with E-state index in [0.717, 1.165) is 49.5 Å². The van der Waals surface area contributed by atoms with Gasteiger partial charge < -0.3 is 19.4 Å². The summed E-state index contributed by atoms with van der Waals surface area (Å²) >= 11 is 0. The molecule has 1 N–H and O–H groups in total. The lowest BCUT2D eigenvalue weighted by Crippen LogP contribution is -2.42. The van der Waals surface area contributed by atoms with E-state index >= 15 is 0 Å². The number of hydrogen-bond acceptors (Lipinski definition) is 4. The van der Waals surface area contributed by atoms with Crippen LogP contribution in [-0.2, 0) is 4.74 Å². The molecule has 0 radical (unpaired) electrons. The Balaban J connectivity index is 1.51. The van der Waals surface area contributed by atoms with Gasteiger partial charge in [-0.25, -0.2) is 4.79 Å². The Kier molecular flexibility index (Phi) is 5.55. The van der Waals surface area contributed by atoms with E-state index in [0.29, 0.717) is 5.92 Å². The van der Waals surface area contributed by atoms with Crippen molar-refractivity contribution in [1.82, 2.24) is 4.90 Å². The van der Waals surface area contributed by atoms with Gasteiger partial charge in [0.2, 0.25) is 0 Å². The predicted molar refractivity (Wildman–Crippen MR) is 103 cm³/mol. The average Bonchev–Trinajstić information content (AvgIpc) is 3.13. The van der Waals surface area contributed by atoms with Crippen LogP contribution in [0, 0.1) is 5.92 Å². The number of rotatable bonds is 4. The van der Waals surface area contributed by atoms with Crippen LogP contribution < -0.4 is 5.32 Å². The quantitative estimate of drug-likeness (QED) is 0.837. The van der Waals surface area contributed by atoms with E-state index in [1.165, 1.54) is 0 Å². The lowest BCUT2D eigenvalue weighted by molar-refractivity contribution is 0.0188. The third-order valence-corrected chi connectivity index (χ3v) is 4.56. The molecule has 1 saturated heterocycles. The Morgan fingerprint density at radius 1 is 1.19 bits per heavy atom. The van der Waals surface area contributed by atoms with E-state index in [9.17, 15) is 4.79 Å². The second kappa shape index (κ2) is 7.85. The molecule has 1 aromatic carbocycles. The van der Waals surface area contributed by atoms with Gasteiger partial charge in [0.15, 0.2) is 0 Å². The summed E-state index contributed by atoms with van der Waals surface area (Å²) in [5.41, 5.74) is 1.71. The summed E-state index contributed by atoms with van der Waals surface area (Å²) in [4.78, 5) is 14.0. The first-order valence-corrected chi connectivity index (χ1v) is 9.27. The van der Waals surface area contributed by atoms with Gasteiger partial charge in [-0.3, -0.25) is 0 Å². The Bertz CT molecular complexity index is 711. The zero-order valence-corrected chi connectivity index (χ0v) is 15.8. The van der Waals surface area contributed by atoms with Crippen LogP contribution in [-0.4, -0.2) is 36.2 Å². The fraction of sp³-hybridized carbons (Fsp3) is 0.476. The number of carbonyl (C=O) groups excluding carboxylic acids is 1. The maximum Gasteiger partial charge on any atom is 0.410 e. The number of carbonyl (C=O) groups is 1. The number of amides is 1. The van der Waals surface area contributed by atoms with Crippen molar-refractivity contribution in [3.8, 4) is 11.3 Å². The molecule has 0 spiro atoms. The van der Waals surface area contributed by atoms with Crippen LogP contribution in [0.4, 0.5) is 10.5 Å². The topological polar surface area (TPSA) is 54.7 Å². The third-order valence-electron chi connectivity index (χ3n) is 4.56. The third kappa shape index (κ3) is 4.81. The lowest BCUT2D eigenvalue weighted by atomic mass is 9.96. The molecule has 0 atom stereocenters. The number of likely N-dealkylation sites (tertiary alicyclic amines) is 1. The summed E-state index contributed by atoms with van der Waals surface area (Å²) in [5, 5.41) is 3.56. The largest absolute Gasteiger partial charge is 0.464 e. The Morgan fingerprint density at radius 3 is 2.58 bits per heavy atom. The molecule has 0 aliphatic carbocycles. The van der Waals surface area contributed by atoms with Crippen molar-refractivity contribution in [2.24, 2.45) is 5.92 Å². The van der Waals surface area contributed by atoms with Crippen molar-refractivity contribution in [2.75, 3.05) is 25.0 Å². The van der Waals surface area contributed by atoms with Crippen LogP contribution >= 0.6 is 0 Å². The van der Waals surface area contributed by atoms with Crippen molar-refractivity contribution in [3.63, 3.8) is 0 Å². The number of hydrogen-bond donors (Lipinski definition) is 1. The second-order valence-electron chi connectivity index (χ2n) is 7.81. The molecule has 0 unspecified atom stereocenters. The van der Waals surface area contributed by atoms with Crippen molar-refractivity contribution < 1.29 is 13.9 Å². The SMILES string of the molecule is CC(C)(C)OC(=O)N1CCC(CNc2ccccc2-c2ccco2)CC1. The minimum Gasteiger partial charge on any atom is -0.464 e. The molecule has 3 rings (SSSR count). The standard InChI is InChI=1S/C21H28N2O3/c1-21(2,3)26-20(24)23-12-10-16(11-13-23)15-22-18-8-5-4-7-17(18)19-9-6-14-25-19/h4-9,14,16,22H,10-13,15H2,1-3H3. The number of benzene rings is 1. The van der Waals surface area contributed by atoms with Crippen molar-refractivity contribution >= 4 is 11.8 Å². The summed E-state index contributed by atoms with van der Waals surface area (Å²) in [6.45, 7) is 8.09. The van der Waals surface area contributed by atoms with Crippen LogP contribution in [0.3, 0.4) is 0 Å². The molecular formula is C21H28N2O3. The van der Waals surface area contributed by atoms with Crippen LogP contribution in [0.2, 0.25) is 0 Å². The monoisotopic (exact) mass is 356 g/mol. The van der Waals surface area contributed by atoms with Crippen molar-refractivity contribution in [3.05, 3.63) is 42.7 Å². The normalized spacial score (nSPS) is 15.7. The Labute approximate surface area is 155 Å². The molecule has 5 nitrogen and oxygen atoms in total. The van der Waals surface area contributed by atoms with E-state index in [4.69, 9.17) is 9.15 Å². The number of ether oxygens (including phenoxy) is 1. The van der Waals surface area contributed by atoms with Gasteiger partial charge in [-0.05, 0) is 63.8 Å². The molecule has 0 saturated carbocycles. The molecular weight excluding hydrogens is 328 g/mol. The molecule has 1 aliphatic heterocycles. The van der Waals surface area contributed by atoms with E-state index in [1.807, 2.05) is 49.9 Å². The summed E-state index contributed by atoms with van der Waals surface area (Å²) in [5.74, 6) is 1.41. The zero-order valence-electron chi connectivity index (χ0n) is 15.8.